The summed E-state index contributed by atoms with van der Waals surface area (Å²) in [6, 6.07) is 0.150. The highest BCUT2D eigenvalue weighted by Gasteiger charge is 2.29. The van der Waals surface area contributed by atoms with Crippen LogP contribution in [-0.2, 0) is 14.6 Å². The van der Waals surface area contributed by atoms with Gasteiger partial charge in [-0.2, -0.15) is 0 Å². The van der Waals surface area contributed by atoms with Gasteiger partial charge in [0.05, 0.1) is 18.1 Å². The van der Waals surface area contributed by atoms with Gasteiger partial charge in [0.25, 0.3) is 0 Å². The van der Waals surface area contributed by atoms with Crippen molar-refractivity contribution in [3.8, 4) is 0 Å². The first-order chi connectivity index (χ1) is 8.46. The van der Waals surface area contributed by atoms with Crippen molar-refractivity contribution < 1.29 is 13.2 Å². The van der Waals surface area contributed by atoms with E-state index in [1.54, 1.807) is 0 Å². The Bertz CT molecular complexity index is 410. The van der Waals surface area contributed by atoms with Gasteiger partial charge in [0.2, 0.25) is 5.91 Å². The molecule has 2 saturated heterocycles. The van der Waals surface area contributed by atoms with Gasteiger partial charge in [-0.3, -0.25) is 9.69 Å². The van der Waals surface area contributed by atoms with Gasteiger partial charge >= 0.3 is 0 Å². The first kappa shape index (κ1) is 13.8. The highest BCUT2D eigenvalue weighted by atomic mass is 32.2. The summed E-state index contributed by atoms with van der Waals surface area (Å²) < 4.78 is 22.6. The molecule has 0 aromatic heterocycles. The summed E-state index contributed by atoms with van der Waals surface area (Å²) in [6.07, 6.45) is 0.547. The Kier molecular flexibility index (Phi) is 4.24. The second kappa shape index (κ2) is 5.54. The largest absolute Gasteiger partial charge is 0.351 e. The molecule has 2 heterocycles. The van der Waals surface area contributed by atoms with E-state index in [9.17, 15) is 13.2 Å². The fourth-order valence-corrected chi connectivity index (χ4v) is 4.16. The summed E-state index contributed by atoms with van der Waals surface area (Å²) >= 11 is 0. The molecule has 1 amide bonds. The minimum atomic E-state index is -2.92. The van der Waals surface area contributed by atoms with Crippen molar-refractivity contribution in [1.29, 1.82) is 0 Å². The number of nitrogens with zero attached hydrogens (tertiary/aromatic N) is 1. The molecular weight excluding hydrogens is 254 g/mol. The molecule has 2 rings (SSSR count). The predicted octanol–water partition coefficient (Wildman–Crippen LogP) is -1.42. The van der Waals surface area contributed by atoms with Gasteiger partial charge in [-0.05, 0) is 13.3 Å². The highest BCUT2D eigenvalue weighted by Crippen LogP contribution is 2.11. The van der Waals surface area contributed by atoms with Crippen molar-refractivity contribution >= 4 is 15.7 Å². The van der Waals surface area contributed by atoms with Crippen LogP contribution in [0.15, 0.2) is 0 Å². The third kappa shape index (κ3) is 3.66. The molecule has 2 aliphatic heterocycles. The van der Waals surface area contributed by atoms with Crippen LogP contribution in [0.1, 0.15) is 13.3 Å². The van der Waals surface area contributed by atoms with E-state index in [-0.39, 0.29) is 23.5 Å². The zero-order valence-electron chi connectivity index (χ0n) is 10.7. The maximum absolute atomic E-state index is 11.9. The molecule has 1 unspecified atom stereocenters. The van der Waals surface area contributed by atoms with Crippen LogP contribution in [0.3, 0.4) is 0 Å². The molecule has 0 aromatic rings. The average molecular weight is 275 g/mol. The van der Waals surface area contributed by atoms with E-state index >= 15 is 0 Å². The lowest BCUT2D eigenvalue weighted by molar-refractivity contribution is -0.123. The number of piperazine rings is 1. The summed E-state index contributed by atoms with van der Waals surface area (Å²) in [4.78, 5) is 14.0. The Labute approximate surface area is 108 Å². The van der Waals surface area contributed by atoms with Crippen molar-refractivity contribution in [3.63, 3.8) is 0 Å². The smallest absolute Gasteiger partial charge is 0.234 e. The SMILES string of the molecule is C[C@@H]1CNCCN1CC(=O)NC1CCS(=O)(=O)C1. The van der Waals surface area contributed by atoms with E-state index < -0.39 is 9.84 Å². The molecule has 2 aliphatic rings. The van der Waals surface area contributed by atoms with Crippen molar-refractivity contribution in [2.45, 2.75) is 25.4 Å². The molecule has 7 heteroatoms. The van der Waals surface area contributed by atoms with Gasteiger partial charge in [-0.25, -0.2) is 8.42 Å². The number of amides is 1. The Morgan fingerprint density at radius 2 is 2.28 bits per heavy atom. The molecule has 0 saturated carbocycles. The molecule has 0 aromatic carbocycles. The van der Waals surface area contributed by atoms with Gasteiger partial charge in [-0.15, -0.1) is 0 Å². The minimum Gasteiger partial charge on any atom is -0.351 e. The van der Waals surface area contributed by atoms with E-state index in [1.165, 1.54) is 0 Å². The number of nitrogens with one attached hydrogen (secondary N) is 2. The molecule has 2 N–H and O–H groups in total. The number of sulfone groups is 1. The first-order valence-corrected chi connectivity index (χ1v) is 8.23. The van der Waals surface area contributed by atoms with E-state index in [2.05, 4.69) is 22.5 Å². The summed E-state index contributed by atoms with van der Waals surface area (Å²) in [7, 11) is -2.92. The van der Waals surface area contributed by atoms with E-state index in [0.29, 0.717) is 19.0 Å². The van der Waals surface area contributed by atoms with E-state index in [0.717, 1.165) is 19.6 Å². The van der Waals surface area contributed by atoms with Crippen LogP contribution in [0.5, 0.6) is 0 Å². The molecule has 0 radical (unpaired) electrons. The van der Waals surface area contributed by atoms with Gasteiger partial charge in [0.1, 0.15) is 0 Å². The Morgan fingerprint density at radius 3 is 2.89 bits per heavy atom. The van der Waals surface area contributed by atoms with Gasteiger partial charge in [0, 0.05) is 31.7 Å². The number of carbonyl (C=O) groups excluding carboxylic acids is 1. The fourth-order valence-electron chi connectivity index (χ4n) is 2.48. The topological polar surface area (TPSA) is 78.5 Å². The molecule has 0 spiro atoms. The maximum Gasteiger partial charge on any atom is 0.234 e. The summed E-state index contributed by atoms with van der Waals surface area (Å²) in [6.45, 7) is 5.09. The van der Waals surface area contributed by atoms with Crippen molar-refractivity contribution in [3.05, 3.63) is 0 Å². The summed E-state index contributed by atoms with van der Waals surface area (Å²) in [5.41, 5.74) is 0. The third-order valence-electron chi connectivity index (χ3n) is 3.58. The zero-order valence-corrected chi connectivity index (χ0v) is 11.5. The van der Waals surface area contributed by atoms with Crippen LogP contribution in [0, 0.1) is 0 Å². The van der Waals surface area contributed by atoms with Crippen LogP contribution in [-0.4, -0.2) is 69.0 Å². The minimum absolute atomic E-state index is 0.0640. The first-order valence-electron chi connectivity index (χ1n) is 6.41. The highest BCUT2D eigenvalue weighted by molar-refractivity contribution is 7.91. The fraction of sp³-hybridized carbons (Fsp3) is 0.909. The van der Waals surface area contributed by atoms with Crippen LogP contribution >= 0.6 is 0 Å². The van der Waals surface area contributed by atoms with E-state index in [4.69, 9.17) is 0 Å². The molecule has 0 bridgehead atoms. The van der Waals surface area contributed by atoms with Gasteiger partial charge in [-0.1, -0.05) is 0 Å². The second-order valence-electron chi connectivity index (χ2n) is 5.19. The van der Waals surface area contributed by atoms with Crippen molar-refractivity contribution in [2.75, 3.05) is 37.7 Å². The van der Waals surface area contributed by atoms with Crippen molar-refractivity contribution in [1.82, 2.24) is 15.5 Å². The van der Waals surface area contributed by atoms with Crippen LogP contribution < -0.4 is 10.6 Å². The lowest BCUT2D eigenvalue weighted by atomic mass is 10.2. The maximum atomic E-state index is 11.9. The Morgan fingerprint density at radius 1 is 1.50 bits per heavy atom. The quantitative estimate of drug-likeness (QED) is 0.661. The number of carbonyl (C=O) groups is 1. The number of rotatable bonds is 3. The molecule has 18 heavy (non-hydrogen) atoms. The van der Waals surface area contributed by atoms with Gasteiger partial charge < -0.3 is 10.6 Å². The molecular formula is C11H21N3O3S. The number of hydrogen-bond acceptors (Lipinski definition) is 5. The van der Waals surface area contributed by atoms with Crippen LogP contribution in [0.4, 0.5) is 0 Å². The van der Waals surface area contributed by atoms with Crippen molar-refractivity contribution in [2.24, 2.45) is 0 Å². The summed E-state index contributed by atoms with van der Waals surface area (Å²) in [5, 5.41) is 6.09. The Balaban J connectivity index is 1.78. The molecule has 6 nitrogen and oxygen atoms in total. The van der Waals surface area contributed by atoms with Crippen LogP contribution in [0.25, 0.3) is 0 Å². The predicted molar refractivity (Wildman–Crippen MR) is 69.1 cm³/mol. The molecule has 104 valence electrons. The zero-order chi connectivity index (χ0) is 13.2. The third-order valence-corrected chi connectivity index (χ3v) is 5.35. The van der Waals surface area contributed by atoms with Gasteiger partial charge in [0.15, 0.2) is 9.84 Å². The lowest BCUT2D eigenvalue weighted by Crippen LogP contribution is -2.53. The number of hydrogen-bond donors (Lipinski definition) is 2. The van der Waals surface area contributed by atoms with Crippen LogP contribution in [0.2, 0.25) is 0 Å². The normalized spacial score (nSPS) is 32.3. The average Bonchev–Trinajstić information content (AvgIpc) is 2.61. The Hall–Kier alpha value is -0.660. The molecule has 0 aliphatic carbocycles. The summed E-state index contributed by atoms with van der Waals surface area (Å²) in [5.74, 6) is 0.225. The lowest BCUT2D eigenvalue weighted by Gasteiger charge is -2.33. The van der Waals surface area contributed by atoms with E-state index in [1.807, 2.05) is 0 Å². The molecule has 2 atom stereocenters. The molecule has 2 fully saturated rings. The monoisotopic (exact) mass is 275 g/mol. The standard InChI is InChI=1S/C11H21N3O3S/c1-9-6-12-3-4-14(9)7-11(15)13-10-2-5-18(16,17)8-10/h9-10,12H,2-8H2,1H3,(H,13,15)/t9-,10?/m1/s1. The second-order valence-corrected chi connectivity index (χ2v) is 7.42.